The summed E-state index contributed by atoms with van der Waals surface area (Å²) in [5.41, 5.74) is 1.35. The maximum Gasteiger partial charge on any atom is 0.119 e. The fourth-order valence-electron chi connectivity index (χ4n) is 2.62. The van der Waals surface area contributed by atoms with E-state index in [1.807, 2.05) is 11.3 Å². The van der Waals surface area contributed by atoms with Crippen LogP contribution in [0.1, 0.15) is 23.3 Å². The molecule has 0 atom stereocenters. The van der Waals surface area contributed by atoms with Gasteiger partial charge in [-0.05, 0) is 55.1 Å². The van der Waals surface area contributed by atoms with E-state index >= 15 is 0 Å². The number of nitrogens with zero attached hydrogens (tertiary/aromatic N) is 1. The first-order chi connectivity index (χ1) is 9.90. The largest absolute Gasteiger partial charge is 0.492 e. The van der Waals surface area contributed by atoms with Gasteiger partial charge in [0, 0.05) is 17.8 Å². The monoisotopic (exact) mass is 287 g/mol. The molecule has 0 aliphatic carbocycles. The summed E-state index contributed by atoms with van der Waals surface area (Å²) in [6.07, 6.45) is 3.71. The Kier molecular flexibility index (Phi) is 4.72. The van der Waals surface area contributed by atoms with E-state index in [-0.39, 0.29) is 0 Å². The molecule has 0 saturated carbocycles. The van der Waals surface area contributed by atoms with E-state index in [1.54, 1.807) is 0 Å². The zero-order valence-electron chi connectivity index (χ0n) is 11.8. The van der Waals surface area contributed by atoms with Crippen LogP contribution in [0.2, 0.25) is 0 Å². The summed E-state index contributed by atoms with van der Waals surface area (Å²) in [5, 5.41) is 2.13. The van der Waals surface area contributed by atoms with Gasteiger partial charge in [0.05, 0.1) is 0 Å². The van der Waals surface area contributed by atoms with Crippen molar-refractivity contribution in [3.8, 4) is 5.75 Å². The van der Waals surface area contributed by atoms with Crippen molar-refractivity contribution in [2.45, 2.75) is 19.3 Å². The molecule has 1 aromatic carbocycles. The van der Waals surface area contributed by atoms with E-state index < -0.39 is 0 Å². The second-order valence-corrected chi connectivity index (χ2v) is 6.33. The number of thiophene rings is 1. The fraction of sp³-hybridized carbons (Fsp3) is 0.412. The maximum atomic E-state index is 5.82. The molecule has 1 fully saturated rings. The molecule has 2 nitrogen and oxygen atoms in total. The molecular weight excluding hydrogens is 266 g/mol. The Bertz CT molecular complexity index is 500. The zero-order valence-corrected chi connectivity index (χ0v) is 12.6. The van der Waals surface area contributed by atoms with Crippen LogP contribution in [0, 0.1) is 0 Å². The Morgan fingerprint density at radius 1 is 1.05 bits per heavy atom. The quantitative estimate of drug-likeness (QED) is 0.801. The molecule has 1 aliphatic heterocycles. The number of likely N-dealkylation sites (tertiary alicyclic amines) is 1. The summed E-state index contributed by atoms with van der Waals surface area (Å²) in [6.45, 7) is 4.33. The van der Waals surface area contributed by atoms with Crippen molar-refractivity contribution in [2.75, 3.05) is 26.2 Å². The van der Waals surface area contributed by atoms with Crippen molar-refractivity contribution >= 4 is 11.3 Å². The maximum absolute atomic E-state index is 5.82. The number of benzene rings is 1. The highest BCUT2D eigenvalue weighted by Crippen LogP contribution is 2.18. The first-order valence-electron chi connectivity index (χ1n) is 7.37. The van der Waals surface area contributed by atoms with Crippen molar-refractivity contribution in [1.29, 1.82) is 0 Å². The second-order valence-electron chi connectivity index (χ2n) is 5.30. The van der Waals surface area contributed by atoms with Crippen LogP contribution in [0.3, 0.4) is 0 Å². The van der Waals surface area contributed by atoms with Crippen molar-refractivity contribution in [3.05, 3.63) is 52.2 Å². The average Bonchev–Trinajstić information content (AvgIpc) is 3.14. The zero-order chi connectivity index (χ0) is 13.6. The van der Waals surface area contributed by atoms with Gasteiger partial charge in [0.15, 0.2) is 0 Å². The Hall–Kier alpha value is -1.32. The number of hydrogen-bond acceptors (Lipinski definition) is 3. The molecule has 3 heteroatoms. The van der Waals surface area contributed by atoms with E-state index in [2.05, 4.69) is 46.7 Å². The molecule has 1 aromatic heterocycles. The van der Waals surface area contributed by atoms with Gasteiger partial charge in [-0.25, -0.2) is 0 Å². The Balaban J connectivity index is 1.46. The molecule has 0 bridgehead atoms. The van der Waals surface area contributed by atoms with E-state index in [0.717, 1.165) is 25.3 Å². The van der Waals surface area contributed by atoms with Crippen LogP contribution < -0.4 is 4.74 Å². The second kappa shape index (κ2) is 6.91. The van der Waals surface area contributed by atoms with Crippen LogP contribution in [0.15, 0.2) is 41.8 Å². The van der Waals surface area contributed by atoms with Crippen LogP contribution in [-0.2, 0) is 6.42 Å². The van der Waals surface area contributed by atoms with Gasteiger partial charge in [0.1, 0.15) is 12.4 Å². The smallest absolute Gasteiger partial charge is 0.119 e. The summed E-state index contributed by atoms with van der Waals surface area (Å²) in [7, 11) is 0. The van der Waals surface area contributed by atoms with Crippen LogP contribution in [0.25, 0.3) is 0 Å². The highest BCUT2D eigenvalue weighted by Gasteiger charge is 2.10. The van der Waals surface area contributed by atoms with E-state index in [0.29, 0.717) is 0 Å². The topological polar surface area (TPSA) is 12.5 Å². The molecular formula is C17H21NOS. The molecule has 20 heavy (non-hydrogen) atoms. The highest BCUT2D eigenvalue weighted by molar-refractivity contribution is 7.09. The first kappa shape index (κ1) is 13.7. The Morgan fingerprint density at radius 2 is 1.85 bits per heavy atom. The van der Waals surface area contributed by atoms with Crippen LogP contribution in [-0.4, -0.2) is 31.1 Å². The summed E-state index contributed by atoms with van der Waals surface area (Å²) in [6, 6.07) is 12.8. The third-order valence-corrected chi connectivity index (χ3v) is 4.63. The van der Waals surface area contributed by atoms with Gasteiger partial charge in [-0.15, -0.1) is 11.3 Å². The first-order valence-corrected chi connectivity index (χ1v) is 8.24. The van der Waals surface area contributed by atoms with Crippen molar-refractivity contribution in [1.82, 2.24) is 4.90 Å². The SMILES string of the molecule is c1csc(Cc2ccc(OCCN3CCCC3)cc2)c1. The molecule has 3 rings (SSSR count). The molecule has 0 unspecified atom stereocenters. The van der Waals surface area contributed by atoms with Crippen LogP contribution >= 0.6 is 11.3 Å². The normalized spacial score (nSPS) is 15.6. The van der Waals surface area contributed by atoms with Gasteiger partial charge in [-0.1, -0.05) is 18.2 Å². The third-order valence-electron chi connectivity index (χ3n) is 3.76. The summed E-state index contributed by atoms with van der Waals surface area (Å²) < 4.78 is 5.82. The summed E-state index contributed by atoms with van der Waals surface area (Å²) in [5.74, 6) is 0.985. The third kappa shape index (κ3) is 3.84. The predicted octanol–water partition coefficient (Wildman–Crippen LogP) is 3.81. The van der Waals surface area contributed by atoms with E-state index in [4.69, 9.17) is 4.74 Å². The fourth-order valence-corrected chi connectivity index (χ4v) is 3.36. The predicted molar refractivity (Wildman–Crippen MR) is 84.7 cm³/mol. The minimum absolute atomic E-state index is 0.796. The molecule has 0 amide bonds. The highest BCUT2D eigenvalue weighted by atomic mass is 32.1. The number of ether oxygens (including phenoxy) is 1. The number of hydrogen-bond donors (Lipinski definition) is 0. The molecule has 0 radical (unpaired) electrons. The van der Waals surface area contributed by atoms with Gasteiger partial charge in [-0.2, -0.15) is 0 Å². The lowest BCUT2D eigenvalue weighted by molar-refractivity contribution is 0.238. The molecule has 2 aromatic rings. The molecule has 0 spiro atoms. The lowest BCUT2D eigenvalue weighted by Gasteiger charge is -2.15. The lowest BCUT2D eigenvalue weighted by atomic mass is 10.1. The van der Waals surface area contributed by atoms with Crippen molar-refractivity contribution in [2.24, 2.45) is 0 Å². The molecule has 106 valence electrons. The minimum Gasteiger partial charge on any atom is -0.492 e. The molecule has 1 aliphatic rings. The van der Waals surface area contributed by atoms with Gasteiger partial charge in [0.2, 0.25) is 0 Å². The standard InChI is InChI=1S/C17H21NOS/c1-2-10-18(9-1)11-12-19-16-7-5-15(6-8-16)14-17-4-3-13-20-17/h3-8,13H,1-2,9-12,14H2. The van der Waals surface area contributed by atoms with E-state index in [1.165, 1.54) is 36.4 Å². The van der Waals surface area contributed by atoms with Crippen molar-refractivity contribution < 1.29 is 4.74 Å². The van der Waals surface area contributed by atoms with Gasteiger partial charge >= 0.3 is 0 Å². The Labute approximate surface area is 125 Å². The van der Waals surface area contributed by atoms with Crippen LogP contribution in [0.5, 0.6) is 5.75 Å². The lowest BCUT2D eigenvalue weighted by Crippen LogP contribution is -2.25. The van der Waals surface area contributed by atoms with E-state index in [9.17, 15) is 0 Å². The van der Waals surface area contributed by atoms with Crippen molar-refractivity contribution in [3.63, 3.8) is 0 Å². The van der Waals surface area contributed by atoms with Crippen LogP contribution in [0.4, 0.5) is 0 Å². The minimum atomic E-state index is 0.796. The summed E-state index contributed by atoms with van der Waals surface area (Å²) >= 11 is 1.81. The van der Waals surface area contributed by atoms with Gasteiger partial charge in [0.25, 0.3) is 0 Å². The molecule has 1 saturated heterocycles. The Morgan fingerprint density at radius 3 is 2.55 bits per heavy atom. The summed E-state index contributed by atoms with van der Waals surface area (Å²) in [4.78, 5) is 3.89. The molecule has 0 N–H and O–H groups in total. The number of rotatable bonds is 6. The molecule has 2 heterocycles. The van der Waals surface area contributed by atoms with Gasteiger partial charge < -0.3 is 4.74 Å². The van der Waals surface area contributed by atoms with Gasteiger partial charge in [-0.3, -0.25) is 4.90 Å². The average molecular weight is 287 g/mol.